The molecule has 0 aliphatic carbocycles. The van der Waals surface area contributed by atoms with Crippen LogP contribution in [0.2, 0.25) is 0 Å². The summed E-state index contributed by atoms with van der Waals surface area (Å²) in [6, 6.07) is 8.94. The molecular formula is C14H11BrF2N2O. The van der Waals surface area contributed by atoms with Gasteiger partial charge >= 0.3 is 0 Å². The van der Waals surface area contributed by atoms with E-state index < -0.39 is 28.8 Å². The van der Waals surface area contributed by atoms with Crippen LogP contribution in [-0.4, -0.2) is 5.91 Å². The average molecular weight is 341 g/mol. The van der Waals surface area contributed by atoms with Gasteiger partial charge < -0.3 is 11.1 Å². The Morgan fingerprint density at radius 2 is 2.00 bits per heavy atom. The van der Waals surface area contributed by atoms with E-state index in [1.807, 2.05) is 18.2 Å². The van der Waals surface area contributed by atoms with E-state index in [4.69, 9.17) is 5.73 Å². The number of halogens is 3. The van der Waals surface area contributed by atoms with E-state index in [1.54, 1.807) is 6.07 Å². The van der Waals surface area contributed by atoms with E-state index >= 15 is 0 Å². The molecule has 0 saturated carbocycles. The molecule has 0 saturated heterocycles. The van der Waals surface area contributed by atoms with Gasteiger partial charge in [0.05, 0.1) is 11.3 Å². The van der Waals surface area contributed by atoms with Crippen molar-refractivity contribution >= 4 is 27.5 Å². The van der Waals surface area contributed by atoms with Gasteiger partial charge in [-0.25, -0.2) is 8.78 Å². The Morgan fingerprint density at radius 1 is 1.25 bits per heavy atom. The Hall–Kier alpha value is -1.95. The van der Waals surface area contributed by atoms with Gasteiger partial charge in [0.15, 0.2) is 5.82 Å². The summed E-state index contributed by atoms with van der Waals surface area (Å²) >= 11 is 3.31. The van der Waals surface area contributed by atoms with Crippen molar-refractivity contribution in [3.05, 3.63) is 63.6 Å². The summed E-state index contributed by atoms with van der Waals surface area (Å²) in [7, 11) is 0. The molecule has 2 rings (SSSR count). The lowest BCUT2D eigenvalue weighted by atomic mass is 10.1. The number of carbonyl (C=O) groups is 1. The van der Waals surface area contributed by atoms with Crippen LogP contribution in [0.4, 0.5) is 14.5 Å². The number of nitrogen functional groups attached to an aromatic ring is 1. The summed E-state index contributed by atoms with van der Waals surface area (Å²) < 4.78 is 27.7. The zero-order valence-corrected chi connectivity index (χ0v) is 11.9. The highest BCUT2D eigenvalue weighted by Gasteiger charge is 2.15. The summed E-state index contributed by atoms with van der Waals surface area (Å²) in [5.41, 5.74) is 5.32. The maximum absolute atomic E-state index is 13.7. The Kier molecular flexibility index (Phi) is 4.34. The second-order valence-electron chi connectivity index (χ2n) is 4.17. The van der Waals surface area contributed by atoms with Crippen molar-refractivity contribution in [1.82, 2.24) is 5.32 Å². The predicted molar refractivity (Wildman–Crippen MR) is 76.1 cm³/mol. The summed E-state index contributed by atoms with van der Waals surface area (Å²) in [6.07, 6.45) is 0. The maximum Gasteiger partial charge on any atom is 0.254 e. The summed E-state index contributed by atoms with van der Waals surface area (Å²) in [5.74, 6) is -2.39. The first-order valence-electron chi connectivity index (χ1n) is 5.74. The van der Waals surface area contributed by atoms with Crippen LogP contribution >= 0.6 is 15.9 Å². The smallest absolute Gasteiger partial charge is 0.254 e. The van der Waals surface area contributed by atoms with Gasteiger partial charge in [0, 0.05) is 11.0 Å². The first-order chi connectivity index (χ1) is 9.47. The fourth-order valence-corrected chi connectivity index (χ4v) is 2.15. The van der Waals surface area contributed by atoms with Gasteiger partial charge in [0.1, 0.15) is 5.82 Å². The number of carbonyl (C=O) groups excluding carboxylic acids is 1. The maximum atomic E-state index is 13.7. The van der Waals surface area contributed by atoms with Gasteiger partial charge in [0.2, 0.25) is 0 Å². The van der Waals surface area contributed by atoms with Crippen molar-refractivity contribution in [3.8, 4) is 0 Å². The molecule has 6 heteroatoms. The van der Waals surface area contributed by atoms with Crippen molar-refractivity contribution in [2.24, 2.45) is 0 Å². The molecule has 0 spiro atoms. The number of rotatable bonds is 3. The lowest BCUT2D eigenvalue weighted by Gasteiger charge is -2.08. The highest BCUT2D eigenvalue weighted by atomic mass is 79.9. The lowest BCUT2D eigenvalue weighted by molar-refractivity contribution is 0.0946. The van der Waals surface area contributed by atoms with Gasteiger partial charge in [-0.15, -0.1) is 0 Å². The molecule has 0 fully saturated rings. The molecular weight excluding hydrogens is 330 g/mol. The van der Waals surface area contributed by atoms with Crippen LogP contribution in [0.1, 0.15) is 15.9 Å². The second kappa shape index (κ2) is 6.00. The fourth-order valence-electron chi connectivity index (χ4n) is 1.70. The van der Waals surface area contributed by atoms with Gasteiger partial charge in [-0.05, 0) is 29.8 Å². The molecule has 2 aromatic carbocycles. The molecule has 0 heterocycles. The fraction of sp³-hybridized carbons (Fsp3) is 0.0714. The monoisotopic (exact) mass is 340 g/mol. The molecule has 104 valence electrons. The number of hydrogen-bond acceptors (Lipinski definition) is 2. The lowest BCUT2D eigenvalue weighted by Crippen LogP contribution is -2.24. The predicted octanol–water partition coefficient (Wildman–Crippen LogP) is 3.24. The van der Waals surface area contributed by atoms with E-state index in [-0.39, 0.29) is 6.54 Å². The van der Waals surface area contributed by atoms with Gasteiger partial charge in [-0.1, -0.05) is 28.1 Å². The molecule has 0 atom stereocenters. The van der Waals surface area contributed by atoms with Crippen molar-refractivity contribution in [3.63, 3.8) is 0 Å². The van der Waals surface area contributed by atoms with E-state index in [1.165, 1.54) is 0 Å². The number of benzene rings is 2. The molecule has 0 aliphatic heterocycles. The van der Waals surface area contributed by atoms with Crippen LogP contribution < -0.4 is 11.1 Å². The molecule has 3 N–H and O–H groups in total. The summed E-state index contributed by atoms with van der Waals surface area (Å²) in [5, 5.41) is 2.52. The van der Waals surface area contributed by atoms with Gasteiger partial charge in [-0.2, -0.15) is 0 Å². The van der Waals surface area contributed by atoms with Crippen LogP contribution in [-0.2, 0) is 6.54 Å². The average Bonchev–Trinajstić information content (AvgIpc) is 2.40. The minimum Gasteiger partial charge on any atom is -0.396 e. The minimum atomic E-state index is -0.918. The highest BCUT2D eigenvalue weighted by Crippen LogP contribution is 2.17. The zero-order valence-electron chi connectivity index (χ0n) is 10.3. The van der Waals surface area contributed by atoms with Gasteiger partial charge in [0.25, 0.3) is 5.91 Å². The van der Waals surface area contributed by atoms with Gasteiger partial charge in [-0.3, -0.25) is 4.79 Å². The molecule has 20 heavy (non-hydrogen) atoms. The molecule has 1 amide bonds. The van der Waals surface area contributed by atoms with E-state index in [0.29, 0.717) is 0 Å². The Morgan fingerprint density at radius 3 is 2.70 bits per heavy atom. The first kappa shape index (κ1) is 14.5. The van der Waals surface area contributed by atoms with Crippen molar-refractivity contribution < 1.29 is 13.6 Å². The molecule has 2 aromatic rings. The summed E-state index contributed by atoms with van der Waals surface area (Å²) in [4.78, 5) is 11.8. The van der Waals surface area contributed by atoms with Crippen LogP contribution in [0, 0.1) is 11.6 Å². The normalized spacial score (nSPS) is 10.3. The third-order valence-electron chi connectivity index (χ3n) is 2.65. The van der Waals surface area contributed by atoms with Crippen molar-refractivity contribution in [2.75, 3.05) is 5.73 Å². The Balaban J connectivity index is 2.13. The highest BCUT2D eigenvalue weighted by molar-refractivity contribution is 9.10. The molecule has 0 unspecified atom stereocenters. The number of nitrogens with two attached hydrogens (primary N) is 1. The zero-order chi connectivity index (χ0) is 14.7. The van der Waals surface area contributed by atoms with E-state index in [9.17, 15) is 13.6 Å². The van der Waals surface area contributed by atoms with Crippen LogP contribution in [0.5, 0.6) is 0 Å². The molecule has 0 radical (unpaired) electrons. The third-order valence-corrected chi connectivity index (χ3v) is 3.15. The van der Waals surface area contributed by atoms with E-state index in [0.717, 1.165) is 22.2 Å². The number of nitrogens with one attached hydrogen (secondary N) is 1. The number of hydrogen-bond donors (Lipinski definition) is 2. The summed E-state index contributed by atoms with van der Waals surface area (Å²) in [6.45, 7) is 0.203. The third kappa shape index (κ3) is 3.33. The quantitative estimate of drug-likeness (QED) is 0.842. The minimum absolute atomic E-state index is 0.203. The molecule has 0 bridgehead atoms. The van der Waals surface area contributed by atoms with Crippen LogP contribution in [0.3, 0.4) is 0 Å². The molecule has 3 nitrogen and oxygen atoms in total. The largest absolute Gasteiger partial charge is 0.396 e. The Labute approximate surface area is 122 Å². The van der Waals surface area contributed by atoms with Crippen LogP contribution in [0.15, 0.2) is 40.9 Å². The van der Waals surface area contributed by atoms with Crippen molar-refractivity contribution in [1.29, 1.82) is 0 Å². The second-order valence-corrected chi connectivity index (χ2v) is 5.08. The molecule has 0 aromatic heterocycles. The van der Waals surface area contributed by atoms with E-state index in [2.05, 4.69) is 21.2 Å². The topological polar surface area (TPSA) is 55.1 Å². The molecule has 0 aliphatic rings. The first-order valence-corrected chi connectivity index (χ1v) is 6.54. The number of amides is 1. The van der Waals surface area contributed by atoms with Crippen LogP contribution in [0.25, 0.3) is 0 Å². The SMILES string of the molecule is Nc1cc(F)cc(C(=O)NCc2cccc(Br)c2)c1F. The standard InChI is InChI=1S/C14H11BrF2N2O/c15-9-3-1-2-8(4-9)7-19-14(20)11-5-10(16)6-12(18)13(11)17/h1-6H,7,18H2,(H,19,20). The number of anilines is 1. The Bertz CT molecular complexity index is 662. The van der Waals surface area contributed by atoms with Crippen molar-refractivity contribution in [2.45, 2.75) is 6.54 Å².